The lowest BCUT2D eigenvalue weighted by Crippen LogP contribution is -2.09. The Morgan fingerprint density at radius 1 is 1.30 bits per heavy atom. The van der Waals surface area contributed by atoms with Gasteiger partial charge in [0.2, 0.25) is 0 Å². The Labute approximate surface area is 117 Å². The first-order valence-corrected chi connectivity index (χ1v) is 6.23. The number of methoxy groups -OCH3 is 1. The number of benzene rings is 2. The number of hydrogen-bond donors (Lipinski definition) is 1. The molecule has 0 aliphatic rings. The van der Waals surface area contributed by atoms with Crippen molar-refractivity contribution in [3.05, 3.63) is 58.9 Å². The van der Waals surface area contributed by atoms with Crippen LogP contribution in [0.25, 0.3) is 0 Å². The molecule has 0 spiro atoms. The van der Waals surface area contributed by atoms with E-state index >= 15 is 0 Å². The van der Waals surface area contributed by atoms with Gasteiger partial charge in [-0.25, -0.2) is 4.39 Å². The summed E-state index contributed by atoms with van der Waals surface area (Å²) in [7, 11) is 1.55. The number of carbonyl (C=O) groups is 1. The highest BCUT2D eigenvalue weighted by Gasteiger charge is 2.15. The van der Waals surface area contributed by atoms with Crippen LogP contribution in [-0.2, 0) is 6.42 Å². The second kappa shape index (κ2) is 5.74. The van der Waals surface area contributed by atoms with E-state index in [9.17, 15) is 9.18 Å². The molecule has 0 bridgehead atoms. The van der Waals surface area contributed by atoms with Crippen LogP contribution in [0, 0.1) is 12.7 Å². The van der Waals surface area contributed by atoms with Gasteiger partial charge in [0.1, 0.15) is 11.6 Å². The number of carbonyl (C=O) groups excluding carboxylic acids is 1. The number of anilines is 1. The van der Waals surface area contributed by atoms with Gasteiger partial charge in [-0.1, -0.05) is 23.8 Å². The molecule has 0 radical (unpaired) electrons. The van der Waals surface area contributed by atoms with Gasteiger partial charge in [-0.3, -0.25) is 4.79 Å². The van der Waals surface area contributed by atoms with Crippen LogP contribution in [0.1, 0.15) is 21.5 Å². The van der Waals surface area contributed by atoms with E-state index in [2.05, 4.69) is 0 Å². The van der Waals surface area contributed by atoms with Crippen molar-refractivity contribution in [3.63, 3.8) is 0 Å². The number of halogens is 1. The summed E-state index contributed by atoms with van der Waals surface area (Å²) >= 11 is 0. The van der Waals surface area contributed by atoms with Gasteiger partial charge in [0.15, 0.2) is 5.78 Å². The molecule has 0 unspecified atom stereocenters. The van der Waals surface area contributed by atoms with Crippen molar-refractivity contribution < 1.29 is 13.9 Å². The molecule has 0 heterocycles. The van der Waals surface area contributed by atoms with Crippen molar-refractivity contribution in [2.75, 3.05) is 12.8 Å². The molecule has 104 valence electrons. The third-order valence-corrected chi connectivity index (χ3v) is 3.14. The van der Waals surface area contributed by atoms with Crippen molar-refractivity contribution in [3.8, 4) is 5.75 Å². The molecule has 0 fully saturated rings. The van der Waals surface area contributed by atoms with Gasteiger partial charge in [0.05, 0.1) is 12.8 Å². The maximum Gasteiger partial charge on any atom is 0.169 e. The smallest absolute Gasteiger partial charge is 0.169 e. The Morgan fingerprint density at radius 3 is 2.75 bits per heavy atom. The topological polar surface area (TPSA) is 52.3 Å². The summed E-state index contributed by atoms with van der Waals surface area (Å²) in [6, 6.07) is 9.84. The first-order valence-electron chi connectivity index (χ1n) is 6.23. The second-order valence-corrected chi connectivity index (χ2v) is 4.62. The average Bonchev–Trinajstić information content (AvgIpc) is 2.42. The van der Waals surface area contributed by atoms with Gasteiger partial charge in [-0.2, -0.15) is 0 Å². The number of ketones is 1. The zero-order valence-corrected chi connectivity index (χ0v) is 11.4. The molecule has 0 saturated heterocycles. The number of rotatable bonds is 4. The Morgan fingerprint density at radius 2 is 2.05 bits per heavy atom. The maximum absolute atomic E-state index is 13.4. The van der Waals surface area contributed by atoms with Crippen molar-refractivity contribution >= 4 is 11.5 Å². The number of ether oxygens (including phenoxy) is 1. The van der Waals surface area contributed by atoms with E-state index in [1.807, 2.05) is 25.1 Å². The SMILES string of the molecule is COc1ccc(C)cc1CC(=O)c1cccc(F)c1N. The highest BCUT2D eigenvalue weighted by molar-refractivity contribution is 6.02. The summed E-state index contributed by atoms with van der Waals surface area (Å²) < 4.78 is 18.6. The van der Waals surface area contributed by atoms with Gasteiger partial charge in [0, 0.05) is 17.5 Å². The second-order valence-electron chi connectivity index (χ2n) is 4.62. The van der Waals surface area contributed by atoms with Crippen LogP contribution in [-0.4, -0.2) is 12.9 Å². The van der Waals surface area contributed by atoms with Gasteiger partial charge in [-0.05, 0) is 25.1 Å². The fourth-order valence-electron chi connectivity index (χ4n) is 2.09. The van der Waals surface area contributed by atoms with E-state index in [4.69, 9.17) is 10.5 Å². The summed E-state index contributed by atoms with van der Waals surface area (Å²) in [4.78, 5) is 12.3. The van der Waals surface area contributed by atoms with Crippen LogP contribution in [0.15, 0.2) is 36.4 Å². The van der Waals surface area contributed by atoms with Crippen LogP contribution in [0.2, 0.25) is 0 Å². The van der Waals surface area contributed by atoms with Crippen LogP contribution in [0.5, 0.6) is 5.75 Å². The van der Waals surface area contributed by atoms with Crippen molar-refractivity contribution in [2.24, 2.45) is 0 Å². The molecule has 4 heteroatoms. The molecule has 0 aliphatic heterocycles. The molecule has 2 rings (SSSR count). The third kappa shape index (κ3) is 2.79. The number of nitrogens with two attached hydrogens (primary N) is 1. The van der Waals surface area contributed by atoms with Gasteiger partial charge in [0.25, 0.3) is 0 Å². The van der Waals surface area contributed by atoms with E-state index in [1.165, 1.54) is 18.2 Å². The van der Waals surface area contributed by atoms with E-state index in [0.717, 1.165) is 11.1 Å². The summed E-state index contributed by atoms with van der Waals surface area (Å²) in [5, 5.41) is 0. The monoisotopic (exact) mass is 273 g/mol. The van der Waals surface area contributed by atoms with Gasteiger partial charge < -0.3 is 10.5 Å². The lowest BCUT2D eigenvalue weighted by Gasteiger charge is -2.10. The predicted molar refractivity (Wildman–Crippen MR) is 76.6 cm³/mol. The van der Waals surface area contributed by atoms with Crippen LogP contribution in [0.4, 0.5) is 10.1 Å². The highest BCUT2D eigenvalue weighted by atomic mass is 19.1. The summed E-state index contributed by atoms with van der Waals surface area (Å²) in [6.07, 6.45) is 0.124. The maximum atomic E-state index is 13.4. The Balaban J connectivity index is 2.32. The number of Topliss-reactive ketones (excluding diaryl/α,β-unsaturated/α-hetero) is 1. The van der Waals surface area contributed by atoms with Crippen LogP contribution in [0.3, 0.4) is 0 Å². The molecule has 2 aromatic carbocycles. The molecular formula is C16H16FNO2. The lowest BCUT2D eigenvalue weighted by atomic mass is 9.99. The molecule has 0 aliphatic carbocycles. The highest BCUT2D eigenvalue weighted by Crippen LogP contribution is 2.23. The molecule has 3 nitrogen and oxygen atoms in total. The van der Waals surface area contributed by atoms with E-state index in [1.54, 1.807) is 7.11 Å². The van der Waals surface area contributed by atoms with Crippen LogP contribution >= 0.6 is 0 Å². The first kappa shape index (κ1) is 14.1. The summed E-state index contributed by atoms with van der Waals surface area (Å²) in [5.41, 5.74) is 7.50. The molecular weight excluding hydrogens is 257 g/mol. The standard InChI is InChI=1S/C16H16FNO2/c1-10-6-7-15(20-2)11(8-10)9-14(19)12-4-3-5-13(17)16(12)18/h3-8H,9,18H2,1-2H3. The predicted octanol–water partition coefficient (Wildman–Crippen LogP) is 3.15. The fraction of sp³-hybridized carbons (Fsp3) is 0.188. The molecule has 0 atom stereocenters. The van der Waals surface area contributed by atoms with Crippen molar-refractivity contribution in [1.29, 1.82) is 0 Å². The molecule has 2 aromatic rings. The minimum Gasteiger partial charge on any atom is -0.496 e. The van der Waals surface area contributed by atoms with E-state index in [-0.39, 0.29) is 23.5 Å². The largest absolute Gasteiger partial charge is 0.496 e. The fourth-order valence-corrected chi connectivity index (χ4v) is 2.09. The molecule has 2 N–H and O–H groups in total. The van der Waals surface area contributed by atoms with Gasteiger partial charge >= 0.3 is 0 Å². The lowest BCUT2D eigenvalue weighted by molar-refractivity contribution is 0.0992. The zero-order valence-electron chi connectivity index (χ0n) is 11.4. The zero-order chi connectivity index (χ0) is 14.7. The van der Waals surface area contributed by atoms with Crippen molar-refractivity contribution in [1.82, 2.24) is 0 Å². The van der Waals surface area contributed by atoms with E-state index < -0.39 is 5.82 Å². The Hall–Kier alpha value is -2.36. The molecule has 0 amide bonds. The Bertz CT molecular complexity index is 653. The third-order valence-electron chi connectivity index (χ3n) is 3.14. The van der Waals surface area contributed by atoms with E-state index in [0.29, 0.717) is 5.75 Å². The number of para-hydroxylation sites is 1. The molecule has 20 heavy (non-hydrogen) atoms. The minimum absolute atomic E-state index is 0.107. The first-order chi connectivity index (χ1) is 9.52. The normalized spacial score (nSPS) is 10.3. The van der Waals surface area contributed by atoms with Crippen LogP contribution < -0.4 is 10.5 Å². The molecule has 0 saturated carbocycles. The quantitative estimate of drug-likeness (QED) is 0.687. The summed E-state index contributed by atoms with van der Waals surface area (Å²) in [5.74, 6) is -0.170. The van der Waals surface area contributed by atoms with Crippen molar-refractivity contribution in [2.45, 2.75) is 13.3 Å². The molecule has 0 aromatic heterocycles. The van der Waals surface area contributed by atoms with Gasteiger partial charge in [-0.15, -0.1) is 0 Å². The summed E-state index contributed by atoms with van der Waals surface area (Å²) in [6.45, 7) is 1.93. The minimum atomic E-state index is -0.577. The average molecular weight is 273 g/mol. The number of aryl methyl sites for hydroxylation is 1. The number of nitrogen functional groups attached to an aromatic ring is 1. The number of hydrogen-bond acceptors (Lipinski definition) is 3. The Kier molecular flexibility index (Phi) is 4.03.